The lowest BCUT2D eigenvalue weighted by molar-refractivity contribution is 0.0900. The van der Waals surface area contributed by atoms with Gasteiger partial charge in [0.2, 0.25) is 0 Å². The number of aromatic nitrogens is 2. The van der Waals surface area contributed by atoms with E-state index in [1.165, 1.54) is 32.1 Å². The summed E-state index contributed by atoms with van der Waals surface area (Å²) in [6.45, 7) is 0. The molecule has 1 saturated carbocycles. The number of carbonyl (C=O) groups excluding carboxylic acids is 1. The van der Waals surface area contributed by atoms with Crippen molar-refractivity contribution < 1.29 is 4.79 Å². The predicted molar refractivity (Wildman–Crippen MR) is 83.9 cm³/mol. The minimum atomic E-state index is 0.188. The van der Waals surface area contributed by atoms with Gasteiger partial charge in [0, 0.05) is 33.7 Å². The van der Waals surface area contributed by atoms with Crippen molar-refractivity contribution in [3.63, 3.8) is 0 Å². The largest absolute Gasteiger partial charge is 0.345 e. The molecule has 0 spiro atoms. The monoisotopic (exact) mass is 334 g/mol. The number of nitrogens with one attached hydrogen (secondary N) is 1. The maximum Gasteiger partial charge on any atom is 0.168 e. The van der Waals surface area contributed by atoms with Crippen molar-refractivity contribution >= 4 is 32.7 Å². The van der Waals surface area contributed by atoms with E-state index >= 15 is 0 Å². The molecule has 0 saturated heterocycles. The summed E-state index contributed by atoms with van der Waals surface area (Å²) in [6, 6.07) is 1.98. The van der Waals surface area contributed by atoms with Crippen LogP contribution in [0.25, 0.3) is 11.0 Å². The summed E-state index contributed by atoms with van der Waals surface area (Å²) >= 11 is 3.43. The molecule has 2 heterocycles. The topological polar surface area (TPSA) is 45.8 Å². The minimum absolute atomic E-state index is 0.188. The molecule has 106 valence electrons. The average Bonchev–Trinajstić information content (AvgIpc) is 2.80. The number of ketones is 1. The summed E-state index contributed by atoms with van der Waals surface area (Å²) < 4.78 is 0.913. The van der Waals surface area contributed by atoms with Gasteiger partial charge in [0.05, 0.1) is 0 Å². The van der Waals surface area contributed by atoms with Crippen molar-refractivity contribution in [3.8, 4) is 0 Å². The summed E-state index contributed by atoms with van der Waals surface area (Å²) in [5.41, 5.74) is 1.60. The number of aromatic amines is 1. The zero-order chi connectivity index (χ0) is 13.9. The van der Waals surface area contributed by atoms with E-state index in [1.54, 1.807) is 6.20 Å². The second-order valence-electron chi connectivity index (χ2n) is 5.66. The molecule has 1 N–H and O–H groups in total. The quantitative estimate of drug-likeness (QED) is 0.796. The van der Waals surface area contributed by atoms with Crippen LogP contribution in [0.15, 0.2) is 22.9 Å². The first-order valence-corrected chi connectivity index (χ1v) is 8.22. The second kappa shape index (κ2) is 6.08. The van der Waals surface area contributed by atoms with Crippen molar-refractivity contribution in [3.05, 3.63) is 28.5 Å². The van der Waals surface area contributed by atoms with Gasteiger partial charge in [-0.05, 0) is 34.8 Å². The zero-order valence-corrected chi connectivity index (χ0v) is 13.1. The molecule has 0 aromatic carbocycles. The van der Waals surface area contributed by atoms with Gasteiger partial charge in [-0.2, -0.15) is 0 Å². The van der Waals surface area contributed by atoms with Crippen LogP contribution in [0.4, 0.5) is 0 Å². The van der Waals surface area contributed by atoms with E-state index in [0.29, 0.717) is 0 Å². The smallest absolute Gasteiger partial charge is 0.168 e. The Morgan fingerprint density at radius 2 is 1.90 bits per heavy atom. The summed E-state index contributed by atoms with van der Waals surface area (Å²) in [4.78, 5) is 20.2. The van der Waals surface area contributed by atoms with E-state index in [9.17, 15) is 4.79 Å². The van der Waals surface area contributed by atoms with Gasteiger partial charge >= 0.3 is 0 Å². The first-order valence-electron chi connectivity index (χ1n) is 7.42. The van der Waals surface area contributed by atoms with Crippen LogP contribution in [0.2, 0.25) is 0 Å². The molecule has 2 aromatic rings. The Labute approximate surface area is 127 Å². The standard InChI is InChI=1S/C16H19BrN2O/c17-12-8-13-14(10-19-16(13)18-9-12)15(20)11-6-4-2-1-3-5-7-11/h8-11H,1-7H2,(H,18,19). The van der Waals surface area contributed by atoms with E-state index in [0.717, 1.165) is 33.9 Å². The number of rotatable bonds is 2. The van der Waals surface area contributed by atoms with Gasteiger partial charge in [-0.1, -0.05) is 32.1 Å². The molecular formula is C16H19BrN2O. The highest BCUT2D eigenvalue weighted by Crippen LogP contribution is 2.29. The normalized spacial score (nSPS) is 17.9. The van der Waals surface area contributed by atoms with Crippen LogP contribution in [0.3, 0.4) is 0 Å². The van der Waals surface area contributed by atoms with E-state index in [2.05, 4.69) is 25.9 Å². The number of pyridine rings is 1. The molecule has 0 radical (unpaired) electrons. The molecule has 2 aromatic heterocycles. The Bertz CT molecular complexity index is 612. The van der Waals surface area contributed by atoms with Gasteiger partial charge in [0.15, 0.2) is 5.78 Å². The third-order valence-electron chi connectivity index (χ3n) is 4.24. The Kier molecular flexibility index (Phi) is 4.20. The third kappa shape index (κ3) is 2.80. The van der Waals surface area contributed by atoms with E-state index < -0.39 is 0 Å². The summed E-state index contributed by atoms with van der Waals surface area (Å²) in [5.74, 6) is 0.478. The molecule has 0 unspecified atom stereocenters. The van der Waals surface area contributed by atoms with Crippen LogP contribution in [0, 0.1) is 5.92 Å². The van der Waals surface area contributed by atoms with Gasteiger partial charge in [0.1, 0.15) is 5.65 Å². The zero-order valence-electron chi connectivity index (χ0n) is 11.5. The maximum absolute atomic E-state index is 12.8. The van der Waals surface area contributed by atoms with Crippen LogP contribution in [-0.2, 0) is 0 Å². The van der Waals surface area contributed by atoms with Gasteiger partial charge in [0.25, 0.3) is 0 Å². The van der Waals surface area contributed by atoms with Crippen molar-refractivity contribution in [2.75, 3.05) is 0 Å². The first kappa shape index (κ1) is 13.8. The number of H-pyrrole nitrogens is 1. The Morgan fingerprint density at radius 1 is 1.20 bits per heavy atom. The van der Waals surface area contributed by atoms with Crippen LogP contribution in [0.1, 0.15) is 55.3 Å². The Balaban J connectivity index is 1.89. The molecule has 0 aliphatic heterocycles. The highest BCUT2D eigenvalue weighted by Gasteiger charge is 2.23. The molecule has 4 heteroatoms. The minimum Gasteiger partial charge on any atom is -0.345 e. The van der Waals surface area contributed by atoms with Gasteiger partial charge in [-0.15, -0.1) is 0 Å². The number of hydrogen-bond acceptors (Lipinski definition) is 2. The lowest BCUT2D eigenvalue weighted by Crippen LogP contribution is -2.16. The molecule has 1 aliphatic carbocycles. The molecule has 0 bridgehead atoms. The number of fused-ring (bicyclic) bond motifs is 1. The Hall–Kier alpha value is -1.16. The first-order chi connectivity index (χ1) is 9.75. The second-order valence-corrected chi connectivity index (χ2v) is 6.57. The van der Waals surface area contributed by atoms with Crippen molar-refractivity contribution in [2.24, 2.45) is 5.92 Å². The van der Waals surface area contributed by atoms with E-state index in [4.69, 9.17) is 0 Å². The van der Waals surface area contributed by atoms with Gasteiger partial charge < -0.3 is 4.98 Å². The molecular weight excluding hydrogens is 316 g/mol. The highest BCUT2D eigenvalue weighted by molar-refractivity contribution is 9.10. The molecule has 3 rings (SSSR count). The van der Waals surface area contributed by atoms with Crippen LogP contribution < -0.4 is 0 Å². The summed E-state index contributed by atoms with van der Waals surface area (Å²) in [5, 5.41) is 0.937. The summed E-state index contributed by atoms with van der Waals surface area (Å²) in [7, 11) is 0. The lowest BCUT2D eigenvalue weighted by atomic mass is 9.86. The molecule has 1 aliphatic rings. The van der Waals surface area contributed by atoms with Crippen LogP contribution >= 0.6 is 15.9 Å². The molecule has 3 nitrogen and oxygen atoms in total. The SMILES string of the molecule is O=C(c1c[nH]c2ncc(Br)cc12)C1CCCCCCC1. The van der Waals surface area contributed by atoms with E-state index in [1.807, 2.05) is 12.3 Å². The van der Waals surface area contributed by atoms with Crippen LogP contribution in [-0.4, -0.2) is 15.8 Å². The number of hydrogen-bond donors (Lipinski definition) is 1. The molecule has 0 amide bonds. The van der Waals surface area contributed by atoms with Crippen molar-refractivity contribution in [1.82, 2.24) is 9.97 Å². The van der Waals surface area contributed by atoms with E-state index in [-0.39, 0.29) is 11.7 Å². The fourth-order valence-corrected chi connectivity index (χ4v) is 3.45. The fraction of sp³-hybridized carbons (Fsp3) is 0.500. The van der Waals surface area contributed by atoms with Crippen LogP contribution in [0.5, 0.6) is 0 Å². The number of Topliss-reactive ketones (excluding diaryl/α,β-unsaturated/α-hetero) is 1. The summed E-state index contributed by atoms with van der Waals surface area (Å²) in [6.07, 6.45) is 11.9. The number of carbonyl (C=O) groups is 1. The average molecular weight is 335 g/mol. The fourth-order valence-electron chi connectivity index (χ4n) is 3.12. The van der Waals surface area contributed by atoms with Crippen molar-refractivity contribution in [2.45, 2.75) is 44.9 Å². The lowest BCUT2D eigenvalue weighted by Gasteiger charge is -2.18. The predicted octanol–water partition coefficient (Wildman–Crippen LogP) is 4.87. The molecule has 1 fully saturated rings. The maximum atomic E-state index is 12.8. The number of halogens is 1. The molecule has 0 atom stereocenters. The van der Waals surface area contributed by atoms with Gasteiger partial charge in [-0.3, -0.25) is 4.79 Å². The highest BCUT2D eigenvalue weighted by atomic mass is 79.9. The number of nitrogens with zero attached hydrogens (tertiary/aromatic N) is 1. The third-order valence-corrected chi connectivity index (χ3v) is 4.67. The molecule has 20 heavy (non-hydrogen) atoms. The van der Waals surface area contributed by atoms with Gasteiger partial charge in [-0.25, -0.2) is 4.98 Å². The van der Waals surface area contributed by atoms with Crippen molar-refractivity contribution in [1.29, 1.82) is 0 Å². The Morgan fingerprint density at radius 3 is 2.65 bits per heavy atom.